The van der Waals surface area contributed by atoms with E-state index in [0.717, 1.165) is 31.7 Å². The number of aromatic amines is 2. The van der Waals surface area contributed by atoms with Crippen LogP contribution in [0.4, 0.5) is 0 Å². The fourth-order valence-corrected chi connectivity index (χ4v) is 1.35. The van der Waals surface area contributed by atoms with Gasteiger partial charge in [-0.05, 0) is 6.42 Å². The van der Waals surface area contributed by atoms with E-state index in [1.807, 2.05) is 4.98 Å². The maximum Gasteiger partial charge on any atom is 0.355 e. The molecule has 1 aromatic heterocycles. The van der Waals surface area contributed by atoms with Crippen LogP contribution < -0.4 is 11.2 Å². The molecule has 17 heavy (non-hydrogen) atoms. The van der Waals surface area contributed by atoms with E-state index in [-0.39, 0.29) is 5.69 Å². The largest absolute Gasteiger partial charge is 0.461 e. The minimum absolute atomic E-state index is 0.116. The summed E-state index contributed by atoms with van der Waals surface area (Å²) in [6, 6.07) is 1.01. The lowest BCUT2D eigenvalue weighted by Gasteiger charge is -2.03. The molecule has 0 radical (unpaired) electrons. The average molecular weight is 240 g/mol. The molecule has 1 heterocycles. The number of aromatic nitrogens is 2. The van der Waals surface area contributed by atoms with E-state index in [4.69, 9.17) is 4.74 Å². The first-order valence-corrected chi connectivity index (χ1v) is 5.64. The van der Waals surface area contributed by atoms with Gasteiger partial charge in [0.25, 0.3) is 5.56 Å². The zero-order chi connectivity index (χ0) is 12.7. The average Bonchev–Trinajstić information content (AvgIpc) is 2.27. The number of hydrogen-bond acceptors (Lipinski definition) is 4. The molecule has 1 aromatic rings. The molecule has 0 fully saturated rings. The predicted octanol–water partition coefficient (Wildman–Crippen LogP) is 0.800. The van der Waals surface area contributed by atoms with Crippen molar-refractivity contribution < 1.29 is 9.53 Å². The van der Waals surface area contributed by atoms with Crippen molar-refractivity contribution in [1.29, 1.82) is 0 Å². The number of H-pyrrole nitrogens is 2. The Morgan fingerprint density at radius 3 is 2.65 bits per heavy atom. The molecule has 0 aliphatic rings. The highest BCUT2D eigenvalue weighted by Crippen LogP contribution is 2.00. The van der Waals surface area contributed by atoms with Crippen LogP contribution in [0.5, 0.6) is 0 Å². The summed E-state index contributed by atoms with van der Waals surface area (Å²) in [6.45, 7) is 2.39. The van der Waals surface area contributed by atoms with Crippen LogP contribution in [0.1, 0.15) is 43.1 Å². The number of carbonyl (C=O) groups is 1. The molecule has 0 aliphatic heterocycles. The first-order chi connectivity index (χ1) is 8.13. The van der Waals surface area contributed by atoms with Gasteiger partial charge >= 0.3 is 11.7 Å². The van der Waals surface area contributed by atoms with Crippen molar-refractivity contribution in [3.8, 4) is 0 Å². The van der Waals surface area contributed by atoms with Crippen LogP contribution in [-0.4, -0.2) is 22.5 Å². The van der Waals surface area contributed by atoms with Crippen molar-refractivity contribution in [1.82, 2.24) is 9.97 Å². The third-order valence-electron chi connectivity index (χ3n) is 2.21. The molecule has 0 atom stereocenters. The monoisotopic (exact) mass is 240 g/mol. The topological polar surface area (TPSA) is 92.0 Å². The number of nitrogens with one attached hydrogen (secondary N) is 2. The normalized spacial score (nSPS) is 10.2. The van der Waals surface area contributed by atoms with Crippen molar-refractivity contribution in [2.45, 2.75) is 32.6 Å². The molecular formula is C11H16N2O4. The van der Waals surface area contributed by atoms with Crippen LogP contribution in [0.3, 0.4) is 0 Å². The number of ether oxygens (including phenoxy) is 1. The second kappa shape index (κ2) is 6.67. The van der Waals surface area contributed by atoms with Gasteiger partial charge in [-0.3, -0.25) is 9.78 Å². The summed E-state index contributed by atoms with van der Waals surface area (Å²) in [5.74, 6) is -0.676. The smallest absolute Gasteiger partial charge is 0.355 e. The quantitative estimate of drug-likeness (QED) is 0.568. The number of carbonyl (C=O) groups excluding carboxylic acids is 1. The number of rotatable bonds is 6. The standard InChI is InChI=1S/C11H16N2O4/c1-2-3-4-5-6-17-10(15)8-7-9(14)13-11(16)12-8/h7H,2-6H2,1H3,(H2,12,13,14,16). The van der Waals surface area contributed by atoms with E-state index in [0.29, 0.717) is 6.61 Å². The van der Waals surface area contributed by atoms with Crippen molar-refractivity contribution >= 4 is 5.97 Å². The molecule has 1 rings (SSSR count). The Morgan fingerprint density at radius 1 is 1.24 bits per heavy atom. The molecule has 2 N–H and O–H groups in total. The zero-order valence-corrected chi connectivity index (χ0v) is 9.75. The molecule has 6 heteroatoms. The third kappa shape index (κ3) is 4.67. The molecule has 6 nitrogen and oxygen atoms in total. The van der Waals surface area contributed by atoms with E-state index in [9.17, 15) is 14.4 Å². The minimum atomic E-state index is -0.713. The van der Waals surface area contributed by atoms with E-state index in [1.54, 1.807) is 0 Å². The van der Waals surface area contributed by atoms with Gasteiger partial charge in [0.05, 0.1) is 6.61 Å². The first kappa shape index (κ1) is 13.2. The van der Waals surface area contributed by atoms with Crippen LogP contribution in [0.25, 0.3) is 0 Å². The Bertz CT molecular complexity index is 447. The molecule has 0 saturated carbocycles. The molecule has 0 aliphatic carbocycles. The zero-order valence-electron chi connectivity index (χ0n) is 9.75. The Labute approximate surface area is 98.0 Å². The number of unbranched alkanes of at least 4 members (excludes halogenated alkanes) is 3. The lowest BCUT2D eigenvalue weighted by Crippen LogP contribution is -2.25. The summed E-state index contributed by atoms with van der Waals surface area (Å²) >= 11 is 0. The van der Waals surface area contributed by atoms with Gasteiger partial charge in [-0.25, -0.2) is 9.59 Å². The van der Waals surface area contributed by atoms with Gasteiger partial charge < -0.3 is 9.72 Å². The molecule has 94 valence electrons. The Balaban J connectivity index is 2.47. The van der Waals surface area contributed by atoms with Crippen molar-refractivity contribution in [2.24, 2.45) is 0 Å². The van der Waals surface area contributed by atoms with Crippen LogP contribution >= 0.6 is 0 Å². The molecule has 0 aromatic carbocycles. The van der Waals surface area contributed by atoms with E-state index in [2.05, 4.69) is 11.9 Å². The maximum atomic E-state index is 11.4. The predicted molar refractivity (Wildman–Crippen MR) is 62.1 cm³/mol. The Hall–Kier alpha value is -1.85. The summed E-state index contributed by atoms with van der Waals surface area (Å²) in [5, 5.41) is 0. The van der Waals surface area contributed by atoms with Gasteiger partial charge in [-0.15, -0.1) is 0 Å². The van der Waals surface area contributed by atoms with Gasteiger partial charge in [0.1, 0.15) is 5.69 Å². The van der Waals surface area contributed by atoms with Gasteiger partial charge in [0.2, 0.25) is 0 Å². The SMILES string of the molecule is CCCCCCOC(=O)c1cc(=O)[nH]c(=O)[nH]1. The summed E-state index contributed by atoms with van der Waals surface area (Å²) < 4.78 is 4.92. The van der Waals surface area contributed by atoms with Gasteiger partial charge in [0.15, 0.2) is 0 Å². The van der Waals surface area contributed by atoms with Crippen molar-refractivity contribution in [2.75, 3.05) is 6.61 Å². The summed E-state index contributed by atoms with van der Waals surface area (Å²) in [7, 11) is 0. The molecule has 0 bridgehead atoms. The van der Waals surface area contributed by atoms with Crippen LogP contribution in [0, 0.1) is 0 Å². The number of hydrogen-bond donors (Lipinski definition) is 2. The van der Waals surface area contributed by atoms with Gasteiger partial charge in [-0.2, -0.15) is 0 Å². The lowest BCUT2D eigenvalue weighted by molar-refractivity contribution is 0.0490. The molecule has 0 saturated heterocycles. The molecular weight excluding hydrogens is 224 g/mol. The summed E-state index contributed by atoms with van der Waals surface area (Å²) in [4.78, 5) is 37.5. The van der Waals surface area contributed by atoms with E-state index in [1.165, 1.54) is 0 Å². The second-order valence-corrected chi connectivity index (χ2v) is 3.70. The van der Waals surface area contributed by atoms with Gasteiger partial charge in [0, 0.05) is 6.07 Å². The van der Waals surface area contributed by atoms with E-state index < -0.39 is 17.2 Å². The number of esters is 1. The van der Waals surface area contributed by atoms with E-state index >= 15 is 0 Å². The second-order valence-electron chi connectivity index (χ2n) is 3.70. The Morgan fingerprint density at radius 2 is 2.00 bits per heavy atom. The minimum Gasteiger partial charge on any atom is -0.461 e. The van der Waals surface area contributed by atoms with Crippen LogP contribution in [0.2, 0.25) is 0 Å². The highest BCUT2D eigenvalue weighted by atomic mass is 16.5. The molecule has 0 spiro atoms. The third-order valence-corrected chi connectivity index (χ3v) is 2.21. The fourth-order valence-electron chi connectivity index (χ4n) is 1.35. The maximum absolute atomic E-state index is 11.4. The van der Waals surface area contributed by atoms with Crippen LogP contribution in [0.15, 0.2) is 15.7 Å². The first-order valence-electron chi connectivity index (χ1n) is 5.64. The van der Waals surface area contributed by atoms with Crippen molar-refractivity contribution in [3.05, 3.63) is 32.6 Å². The molecule has 0 amide bonds. The summed E-state index contributed by atoms with van der Waals surface area (Å²) in [6.07, 6.45) is 3.98. The Kier molecular flexibility index (Phi) is 5.19. The molecule has 0 unspecified atom stereocenters. The highest BCUT2D eigenvalue weighted by molar-refractivity contribution is 5.86. The van der Waals surface area contributed by atoms with Gasteiger partial charge in [-0.1, -0.05) is 26.2 Å². The lowest BCUT2D eigenvalue weighted by atomic mass is 10.2. The van der Waals surface area contributed by atoms with Crippen molar-refractivity contribution in [3.63, 3.8) is 0 Å². The highest BCUT2D eigenvalue weighted by Gasteiger charge is 2.08. The van der Waals surface area contributed by atoms with Crippen LogP contribution in [-0.2, 0) is 4.74 Å². The fraction of sp³-hybridized carbons (Fsp3) is 0.545. The summed E-state index contributed by atoms with van der Waals surface area (Å²) in [5.41, 5.74) is -1.45.